The summed E-state index contributed by atoms with van der Waals surface area (Å²) in [5.74, 6) is -0.0805. The maximum atomic E-state index is 12.0. The lowest BCUT2D eigenvalue weighted by Crippen LogP contribution is -2.27. The molecule has 2 aliphatic carbocycles. The van der Waals surface area contributed by atoms with Gasteiger partial charge in [-0.2, -0.15) is 0 Å². The monoisotopic (exact) mass is 189 g/mol. The quantitative estimate of drug-likeness (QED) is 0.458. The van der Waals surface area contributed by atoms with E-state index in [9.17, 15) is 12.9 Å². The Morgan fingerprint density at radius 2 is 1.69 bits per heavy atom. The van der Waals surface area contributed by atoms with Gasteiger partial charge in [-0.25, -0.2) is 0 Å². The highest BCUT2D eigenvalue weighted by molar-refractivity contribution is 6.58. The van der Waals surface area contributed by atoms with Crippen LogP contribution in [0.3, 0.4) is 0 Å². The molecular weight excluding hydrogens is 176 g/mol. The molecule has 0 bridgehead atoms. The van der Waals surface area contributed by atoms with Crippen LogP contribution in [-0.2, 0) is 0 Å². The third-order valence-electron chi connectivity index (χ3n) is 3.13. The van der Waals surface area contributed by atoms with E-state index in [0.29, 0.717) is 0 Å². The molecule has 0 saturated heterocycles. The summed E-state index contributed by atoms with van der Waals surface area (Å²) in [7, 11) is 0. The average molecular weight is 189 g/mol. The number of allylic oxidation sites excluding steroid dienone is 2. The van der Waals surface area contributed by atoms with Crippen LogP contribution in [0.5, 0.6) is 0 Å². The topological polar surface area (TPSA) is 0 Å². The van der Waals surface area contributed by atoms with Gasteiger partial charge < -0.3 is 12.9 Å². The van der Waals surface area contributed by atoms with Crippen molar-refractivity contribution in [2.24, 2.45) is 5.92 Å². The van der Waals surface area contributed by atoms with E-state index in [0.717, 1.165) is 25.7 Å². The van der Waals surface area contributed by atoms with Gasteiger partial charge in [-0.15, -0.1) is 0 Å². The summed E-state index contributed by atoms with van der Waals surface area (Å²) in [6.07, 6.45) is 4.50. The van der Waals surface area contributed by atoms with Crippen LogP contribution in [0.4, 0.5) is 12.9 Å². The van der Waals surface area contributed by atoms with E-state index in [1.807, 2.05) is 0 Å². The molecule has 0 heterocycles. The Balaban J connectivity index is 1.78. The fourth-order valence-corrected chi connectivity index (χ4v) is 2.18. The molecule has 2 rings (SSSR count). The van der Waals surface area contributed by atoms with Gasteiger partial charge in [0.05, 0.1) is 0 Å². The molecule has 0 aromatic heterocycles. The lowest BCUT2D eigenvalue weighted by Gasteiger charge is -2.37. The zero-order valence-corrected chi connectivity index (χ0v) is 7.53. The summed E-state index contributed by atoms with van der Waals surface area (Å²) < 4.78 is 36.0. The fourth-order valence-electron chi connectivity index (χ4n) is 2.18. The largest absolute Gasteiger partial charge is 0.478 e. The van der Waals surface area contributed by atoms with Crippen LogP contribution in [0.15, 0.2) is 11.1 Å². The SMILES string of the molecule is F[B-](F)(F)CC1CC(=C2CCC2)C1. The molecule has 0 unspecified atom stereocenters. The van der Waals surface area contributed by atoms with Gasteiger partial charge in [-0.1, -0.05) is 23.4 Å². The second-order valence-electron chi connectivity index (χ2n) is 4.28. The Kier molecular flexibility index (Phi) is 2.16. The summed E-state index contributed by atoms with van der Waals surface area (Å²) in [6, 6.07) is 0. The molecule has 2 fully saturated rings. The predicted molar refractivity (Wildman–Crippen MR) is 47.5 cm³/mol. The van der Waals surface area contributed by atoms with E-state index in [2.05, 4.69) is 0 Å². The first-order valence-electron chi connectivity index (χ1n) is 4.95. The van der Waals surface area contributed by atoms with Crippen molar-refractivity contribution in [3.8, 4) is 0 Å². The zero-order chi connectivity index (χ0) is 9.47. The van der Waals surface area contributed by atoms with Gasteiger partial charge in [0.2, 0.25) is 0 Å². The maximum Gasteiger partial charge on any atom is 0.478 e. The highest BCUT2D eigenvalue weighted by Gasteiger charge is 2.34. The molecule has 0 aromatic rings. The molecule has 4 heteroatoms. The van der Waals surface area contributed by atoms with Crippen molar-refractivity contribution >= 4 is 6.98 Å². The molecule has 0 atom stereocenters. The lowest BCUT2D eigenvalue weighted by molar-refractivity contribution is 0.375. The van der Waals surface area contributed by atoms with E-state index in [-0.39, 0.29) is 5.92 Å². The summed E-state index contributed by atoms with van der Waals surface area (Å²) in [4.78, 5) is 0. The van der Waals surface area contributed by atoms with E-state index >= 15 is 0 Å². The number of halogens is 3. The van der Waals surface area contributed by atoms with Crippen LogP contribution in [0.2, 0.25) is 6.32 Å². The molecule has 13 heavy (non-hydrogen) atoms. The van der Waals surface area contributed by atoms with Gasteiger partial charge in [-0.05, 0) is 32.1 Å². The third kappa shape index (κ3) is 2.09. The Morgan fingerprint density at radius 1 is 1.08 bits per heavy atom. The standard InChI is InChI=1S/C9H13BF3/c11-10(12,13)6-7-4-9(5-7)8-2-1-3-8/h7H,1-6H2/q-1. The molecule has 0 radical (unpaired) electrons. The van der Waals surface area contributed by atoms with Crippen molar-refractivity contribution in [3.63, 3.8) is 0 Å². The summed E-state index contributed by atoms with van der Waals surface area (Å²) >= 11 is 0. The van der Waals surface area contributed by atoms with Crippen molar-refractivity contribution in [1.82, 2.24) is 0 Å². The van der Waals surface area contributed by atoms with Crippen molar-refractivity contribution in [1.29, 1.82) is 0 Å². The van der Waals surface area contributed by atoms with E-state index in [1.54, 1.807) is 0 Å². The minimum atomic E-state index is -4.55. The first-order valence-corrected chi connectivity index (χ1v) is 4.95. The normalized spacial score (nSPS) is 28.4. The highest BCUT2D eigenvalue weighted by atomic mass is 19.4. The van der Waals surface area contributed by atoms with Gasteiger partial charge in [0.1, 0.15) is 0 Å². The first-order chi connectivity index (χ1) is 6.04. The molecule has 0 amide bonds. The number of rotatable bonds is 2. The van der Waals surface area contributed by atoms with Gasteiger partial charge in [0.25, 0.3) is 0 Å². The second-order valence-corrected chi connectivity index (χ2v) is 4.28. The summed E-state index contributed by atoms with van der Waals surface area (Å²) in [6.45, 7) is -4.55. The van der Waals surface area contributed by atoms with Gasteiger partial charge in [-0.3, -0.25) is 0 Å². The Bertz CT molecular complexity index is 228. The second kappa shape index (κ2) is 3.07. The van der Waals surface area contributed by atoms with Crippen LogP contribution >= 0.6 is 0 Å². The average Bonchev–Trinajstić information content (AvgIpc) is 1.75. The number of hydrogen-bond donors (Lipinski definition) is 0. The third-order valence-corrected chi connectivity index (χ3v) is 3.13. The van der Waals surface area contributed by atoms with Crippen molar-refractivity contribution < 1.29 is 12.9 Å². The molecule has 2 aliphatic rings. The van der Waals surface area contributed by atoms with Crippen LogP contribution in [0.25, 0.3) is 0 Å². The van der Waals surface area contributed by atoms with Crippen LogP contribution in [0.1, 0.15) is 32.1 Å². The molecule has 2 saturated carbocycles. The van der Waals surface area contributed by atoms with E-state index in [1.165, 1.54) is 17.6 Å². The molecule has 74 valence electrons. The van der Waals surface area contributed by atoms with Gasteiger partial charge in [0.15, 0.2) is 0 Å². The van der Waals surface area contributed by atoms with Crippen molar-refractivity contribution in [2.75, 3.05) is 0 Å². The Hall–Kier alpha value is -0.405. The molecule has 0 aromatic carbocycles. The molecule has 0 nitrogen and oxygen atoms in total. The van der Waals surface area contributed by atoms with Crippen LogP contribution in [0, 0.1) is 5.92 Å². The maximum absolute atomic E-state index is 12.0. The summed E-state index contributed by atoms with van der Waals surface area (Å²) in [5, 5.41) is 0. The Labute approximate surface area is 76.3 Å². The molecule has 0 spiro atoms. The van der Waals surface area contributed by atoms with Gasteiger partial charge >= 0.3 is 6.98 Å². The highest BCUT2D eigenvalue weighted by Crippen LogP contribution is 2.45. The van der Waals surface area contributed by atoms with Crippen molar-refractivity contribution in [3.05, 3.63) is 11.1 Å². The minimum absolute atomic E-state index is 0.0805. The van der Waals surface area contributed by atoms with E-state index in [4.69, 9.17) is 0 Å². The smallest absolute Gasteiger partial charge is 0.449 e. The first kappa shape index (κ1) is 9.16. The van der Waals surface area contributed by atoms with Crippen LogP contribution < -0.4 is 0 Å². The lowest BCUT2D eigenvalue weighted by atomic mass is 9.64. The van der Waals surface area contributed by atoms with E-state index < -0.39 is 13.3 Å². The van der Waals surface area contributed by atoms with Gasteiger partial charge in [0, 0.05) is 0 Å². The molecule has 0 aliphatic heterocycles. The molecular formula is C9H13BF3-. The van der Waals surface area contributed by atoms with Crippen molar-refractivity contribution in [2.45, 2.75) is 38.4 Å². The summed E-state index contributed by atoms with van der Waals surface area (Å²) in [5.41, 5.74) is 2.81. The number of hydrogen-bond acceptors (Lipinski definition) is 0. The fraction of sp³-hybridized carbons (Fsp3) is 0.778. The predicted octanol–water partition coefficient (Wildman–Crippen LogP) is 3.72. The molecule has 0 N–H and O–H groups in total. The minimum Gasteiger partial charge on any atom is -0.449 e. The van der Waals surface area contributed by atoms with Crippen LogP contribution in [-0.4, -0.2) is 6.98 Å². The Morgan fingerprint density at radius 3 is 2.08 bits per heavy atom. The zero-order valence-electron chi connectivity index (χ0n) is 7.53.